The Morgan fingerprint density at radius 2 is 1.70 bits per heavy atom. The molecule has 2 fully saturated rings. The molecule has 2 bridgehead atoms. The first-order valence-corrected chi connectivity index (χ1v) is 7.31. The van der Waals surface area contributed by atoms with E-state index < -0.39 is 23.4 Å². The Labute approximate surface area is 118 Å². The van der Waals surface area contributed by atoms with Gasteiger partial charge in [0, 0.05) is 13.1 Å². The van der Waals surface area contributed by atoms with Gasteiger partial charge in [-0.15, -0.1) is 0 Å². The van der Waals surface area contributed by atoms with Crippen LogP contribution in [0.3, 0.4) is 0 Å². The molecule has 2 N–H and O–H groups in total. The number of likely N-dealkylation sites (tertiary alicyclic amines) is 1. The van der Waals surface area contributed by atoms with E-state index >= 15 is 0 Å². The fourth-order valence-electron chi connectivity index (χ4n) is 3.92. The number of carboxylic acids is 1. The van der Waals surface area contributed by atoms with E-state index in [0.29, 0.717) is 25.9 Å². The second-order valence-corrected chi connectivity index (χ2v) is 6.66. The average molecular weight is 279 g/mol. The van der Waals surface area contributed by atoms with E-state index in [0.717, 1.165) is 6.42 Å². The van der Waals surface area contributed by atoms with Gasteiger partial charge >= 0.3 is 5.97 Å². The van der Waals surface area contributed by atoms with Crippen LogP contribution in [0.5, 0.6) is 0 Å². The molecule has 1 heterocycles. The van der Waals surface area contributed by atoms with Crippen LogP contribution in [-0.4, -0.2) is 45.7 Å². The summed E-state index contributed by atoms with van der Waals surface area (Å²) in [4.78, 5) is 25.9. The minimum absolute atomic E-state index is 0.0133. The van der Waals surface area contributed by atoms with Gasteiger partial charge in [-0.05, 0) is 38.0 Å². The number of fused-ring (bicyclic) bond motifs is 2. The van der Waals surface area contributed by atoms with E-state index in [1.54, 1.807) is 11.8 Å². The highest BCUT2D eigenvalue weighted by Crippen LogP contribution is 2.49. The van der Waals surface area contributed by atoms with Crippen LogP contribution in [0.25, 0.3) is 0 Å². The Hall–Kier alpha value is -1.36. The molecular weight excluding hydrogens is 258 g/mol. The maximum absolute atomic E-state index is 12.7. The molecule has 3 rings (SSSR count). The lowest BCUT2D eigenvalue weighted by atomic mass is 9.81. The fourth-order valence-corrected chi connectivity index (χ4v) is 3.92. The highest BCUT2D eigenvalue weighted by atomic mass is 16.4. The zero-order valence-corrected chi connectivity index (χ0v) is 11.7. The van der Waals surface area contributed by atoms with Gasteiger partial charge in [-0.25, -0.2) is 0 Å². The van der Waals surface area contributed by atoms with Gasteiger partial charge in [-0.2, -0.15) is 0 Å². The van der Waals surface area contributed by atoms with Crippen LogP contribution in [0.15, 0.2) is 12.2 Å². The monoisotopic (exact) mass is 279 g/mol. The summed E-state index contributed by atoms with van der Waals surface area (Å²) in [5, 5.41) is 19.3. The van der Waals surface area contributed by atoms with Crippen LogP contribution in [0.2, 0.25) is 0 Å². The summed E-state index contributed by atoms with van der Waals surface area (Å²) in [5.74, 6) is -1.78. The Morgan fingerprint density at radius 3 is 2.25 bits per heavy atom. The van der Waals surface area contributed by atoms with Gasteiger partial charge in [0.25, 0.3) is 0 Å². The van der Waals surface area contributed by atoms with Crippen LogP contribution in [-0.2, 0) is 9.59 Å². The second kappa shape index (κ2) is 4.58. The predicted octanol–water partition coefficient (Wildman–Crippen LogP) is 0.883. The van der Waals surface area contributed by atoms with Crippen molar-refractivity contribution >= 4 is 11.9 Å². The minimum Gasteiger partial charge on any atom is -0.481 e. The molecule has 0 spiro atoms. The molecule has 4 unspecified atom stereocenters. The molecule has 2 aliphatic carbocycles. The van der Waals surface area contributed by atoms with Crippen molar-refractivity contribution in [2.75, 3.05) is 13.1 Å². The summed E-state index contributed by atoms with van der Waals surface area (Å²) in [6, 6.07) is 0. The van der Waals surface area contributed by atoms with Crippen LogP contribution in [0.1, 0.15) is 26.2 Å². The number of carbonyl (C=O) groups is 2. The molecule has 110 valence electrons. The maximum Gasteiger partial charge on any atom is 0.307 e. The molecule has 5 nitrogen and oxygen atoms in total. The molecule has 1 aliphatic heterocycles. The van der Waals surface area contributed by atoms with Crippen molar-refractivity contribution in [1.82, 2.24) is 4.90 Å². The number of carbonyl (C=O) groups excluding carboxylic acids is 1. The smallest absolute Gasteiger partial charge is 0.307 e. The first-order chi connectivity index (χ1) is 9.39. The number of aliphatic carboxylic acids is 1. The number of allylic oxidation sites excluding steroid dienone is 2. The van der Waals surface area contributed by atoms with Gasteiger partial charge in [0.05, 0.1) is 17.4 Å². The van der Waals surface area contributed by atoms with Gasteiger partial charge in [-0.3, -0.25) is 9.59 Å². The molecule has 0 aromatic carbocycles. The molecule has 1 amide bonds. The summed E-state index contributed by atoms with van der Waals surface area (Å²) in [5.41, 5.74) is -0.697. The fraction of sp³-hybridized carbons (Fsp3) is 0.733. The molecule has 3 aliphatic rings. The number of rotatable bonds is 2. The Bertz CT molecular complexity index is 460. The van der Waals surface area contributed by atoms with Crippen LogP contribution in [0, 0.1) is 23.7 Å². The van der Waals surface area contributed by atoms with Crippen molar-refractivity contribution < 1.29 is 19.8 Å². The van der Waals surface area contributed by atoms with E-state index in [9.17, 15) is 19.8 Å². The minimum atomic E-state index is -0.857. The molecule has 1 saturated heterocycles. The molecule has 4 atom stereocenters. The SMILES string of the molecule is CC1(O)CCN(C(=O)C2C3C=CC(C3)C2C(=O)O)CC1. The van der Waals surface area contributed by atoms with Gasteiger partial charge in [0.1, 0.15) is 0 Å². The molecular formula is C15H21NO4. The normalized spacial score (nSPS) is 38.2. The zero-order valence-electron chi connectivity index (χ0n) is 11.7. The van der Waals surface area contributed by atoms with Crippen molar-refractivity contribution in [2.45, 2.75) is 31.8 Å². The van der Waals surface area contributed by atoms with E-state index in [2.05, 4.69) is 0 Å². The number of amides is 1. The van der Waals surface area contributed by atoms with Gasteiger partial charge < -0.3 is 15.1 Å². The molecule has 0 aromatic rings. The number of piperidine rings is 1. The third-order valence-electron chi connectivity index (χ3n) is 5.18. The first-order valence-electron chi connectivity index (χ1n) is 7.31. The maximum atomic E-state index is 12.7. The number of aliphatic hydroxyl groups is 1. The third kappa shape index (κ3) is 2.14. The molecule has 1 saturated carbocycles. The summed E-state index contributed by atoms with van der Waals surface area (Å²) < 4.78 is 0. The van der Waals surface area contributed by atoms with Crippen LogP contribution in [0.4, 0.5) is 0 Å². The first kappa shape index (κ1) is 13.6. The summed E-state index contributed by atoms with van der Waals surface area (Å²) >= 11 is 0. The van der Waals surface area contributed by atoms with Crippen molar-refractivity contribution in [1.29, 1.82) is 0 Å². The quantitative estimate of drug-likeness (QED) is 0.736. The lowest BCUT2D eigenvalue weighted by Gasteiger charge is -2.38. The Kier molecular flexibility index (Phi) is 3.12. The van der Waals surface area contributed by atoms with Crippen molar-refractivity contribution in [3.63, 3.8) is 0 Å². The number of nitrogens with zero attached hydrogens (tertiary/aromatic N) is 1. The van der Waals surface area contributed by atoms with Gasteiger partial charge in [-0.1, -0.05) is 12.2 Å². The standard InChI is InChI=1S/C15H21NO4/c1-15(20)4-6-16(7-5-15)13(17)11-9-2-3-10(8-9)12(11)14(18)19/h2-3,9-12,20H,4-8H2,1H3,(H,18,19). The van der Waals surface area contributed by atoms with Crippen molar-refractivity contribution in [3.05, 3.63) is 12.2 Å². The number of hydrogen-bond acceptors (Lipinski definition) is 3. The number of carboxylic acid groups (broad SMARTS) is 1. The van der Waals surface area contributed by atoms with Gasteiger partial charge in [0.15, 0.2) is 0 Å². The van der Waals surface area contributed by atoms with E-state index in [1.807, 2.05) is 12.2 Å². The highest BCUT2D eigenvalue weighted by Gasteiger charge is 2.52. The lowest BCUT2D eigenvalue weighted by molar-refractivity contribution is -0.152. The highest BCUT2D eigenvalue weighted by molar-refractivity contribution is 5.87. The van der Waals surface area contributed by atoms with E-state index in [4.69, 9.17) is 0 Å². The lowest BCUT2D eigenvalue weighted by Crippen LogP contribution is -2.49. The van der Waals surface area contributed by atoms with Gasteiger partial charge in [0.2, 0.25) is 5.91 Å². The molecule has 5 heteroatoms. The summed E-state index contributed by atoms with van der Waals surface area (Å²) in [6.45, 7) is 2.83. The van der Waals surface area contributed by atoms with Crippen molar-refractivity contribution in [3.8, 4) is 0 Å². The molecule has 0 aromatic heterocycles. The average Bonchev–Trinajstić information content (AvgIpc) is 2.97. The van der Waals surface area contributed by atoms with E-state index in [-0.39, 0.29) is 17.7 Å². The van der Waals surface area contributed by atoms with Crippen LogP contribution < -0.4 is 0 Å². The Balaban J connectivity index is 1.74. The van der Waals surface area contributed by atoms with Crippen LogP contribution >= 0.6 is 0 Å². The second-order valence-electron chi connectivity index (χ2n) is 6.66. The zero-order chi connectivity index (χ0) is 14.5. The number of hydrogen-bond donors (Lipinski definition) is 2. The largest absolute Gasteiger partial charge is 0.481 e. The predicted molar refractivity (Wildman–Crippen MR) is 71.8 cm³/mol. The summed E-state index contributed by atoms with van der Waals surface area (Å²) in [6.07, 6.45) is 5.88. The van der Waals surface area contributed by atoms with Crippen molar-refractivity contribution in [2.24, 2.45) is 23.7 Å². The third-order valence-corrected chi connectivity index (χ3v) is 5.18. The topological polar surface area (TPSA) is 77.8 Å². The van der Waals surface area contributed by atoms with E-state index in [1.165, 1.54) is 0 Å². The Morgan fingerprint density at radius 1 is 1.15 bits per heavy atom. The molecule has 20 heavy (non-hydrogen) atoms. The summed E-state index contributed by atoms with van der Waals surface area (Å²) in [7, 11) is 0. The molecule has 0 radical (unpaired) electrons.